The molecule has 0 aromatic heterocycles. The second kappa shape index (κ2) is 4.91. The fraction of sp³-hybridized carbons (Fsp3) is 0.800. The van der Waals surface area contributed by atoms with Gasteiger partial charge in [-0.3, -0.25) is 9.69 Å². The number of hydrogen-bond acceptors (Lipinski definition) is 3. The molecule has 3 aliphatic rings. The van der Waals surface area contributed by atoms with E-state index in [-0.39, 0.29) is 18.1 Å². The summed E-state index contributed by atoms with van der Waals surface area (Å²) in [5, 5.41) is 9.30. The molecule has 0 aromatic carbocycles. The normalized spacial score (nSPS) is 30.3. The van der Waals surface area contributed by atoms with Crippen molar-refractivity contribution in [1.29, 1.82) is 0 Å². The molecular formula is C15H24N2O2. The van der Waals surface area contributed by atoms with Crippen LogP contribution in [0, 0.1) is 5.92 Å². The minimum absolute atomic E-state index is 0.151. The first-order valence-electron chi connectivity index (χ1n) is 7.45. The lowest BCUT2D eigenvalue weighted by molar-refractivity contribution is -0.139. The molecule has 0 aromatic rings. The molecule has 106 valence electrons. The molecule has 1 N–H and O–H groups in total. The van der Waals surface area contributed by atoms with Crippen molar-refractivity contribution in [1.82, 2.24) is 9.80 Å². The van der Waals surface area contributed by atoms with E-state index in [1.165, 1.54) is 6.42 Å². The highest BCUT2D eigenvalue weighted by atomic mass is 16.3. The summed E-state index contributed by atoms with van der Waals surface area (Å²) >= 11 is 0. The lowest BCUT2D eigenvalue weighted by atomic mass is 9.83. The van der Waals surface area contributed by atoms with Crippen LogP contribution in [0.2, 0.25) is 0 Å². The van der Waals surface area contributed by atoms with Crippen LogP contribution < -0.4 is 0 Å². The molecule has 0 radical (unpaired) electrons. The van der Waals surface area contributed by atoms with Crippen LogP contribution in [0.4, 0.5) is 0 Å². The summed E-state index contributed by atoms with van der Waals surface area (Å²) in [4.78, 5) is 16.7. The highest BCUT2D eigenvalue weighted by Gasteiger charge is 2.53. The van der Waals surface area contributed by atoms with Gasteiger partial charge in [0.15, 0.2) is 0 Å². The first-order chi connectivity index (χ1) is 9.14. The molecule has 1 atom stereocenters. The minimum Gasteiger partial charge on any atom is -0.396 e. The maximum absolute atomic E-state index is 12.4. The Balaban J connectivity index is 1.60. The van der Waals surface area contributed by atoms with Crippen LogP contribution in [0.3, 0.4) is 0 Å². The van der Waals surface area contributed by atoms with E-state index in [1.54, 1.807) is 0 Å². The Kier molecular flexibility index (Phi) is 3.39. The van der Waals surface area contributed by atoms with Gasteiger partial charge in [-0.15, -0.1) is 0 Å². The number of carbonyl (C=O) groups excluding carboxylic acids is 1. The maximum atomic E-state index is 12.4. The first kappa shape index (κ1) is 13.1. The van der Waals surface area contributed by atoms with E-state index in [2.05, 4.69) is 18.0 Å². The number of carbonyl (C=O) groups is 1. The number of likely N-dealkylation sites (tertiary alicyclic amines) is 2. The van der Waals surface area contributed by atoms with Crippen LogP contribution in [0.15, 0.2) is 11.6 Å². The predicted molar refractivity (Wildman–Crippen MR) is 73.7 cm³/mol. The van der Waals surface area contributed by atoms with E-state index >= 15 is 0 Å². The quantitative estimate of drug-likeness (QED) is 0.809. The van der Waals surface area contributed by atoms with Gasteiger partial charge in [-0.25, -0.2) is 0 Å². The zero-order chi connectivity index (χ0) is 13.5. The largest absolute Gasteiger partial charge is 0.396 e. The summed E-state index contributed by atoms with van der Waals surface area (Å²) < 4.78 is 0. The number of hydrogen-bond donors (Lipinski definition) is 1. The summed E-state index contributed by atoms with van der Waals surface area (Å²) in [6.45, 7) is 2.92. The standard InChI is InChI=1S/C15H24N2O2/c1-16-8-12(9-18)7-15(16)10-17(11-15)14(19)13-5-3-2-4-6-13/h5,12,18H,2-4,6-11H2,1H3. The summed E-state index contributed by atoms with van der Waals surface area (Å²) in [6.07, 6.45) is 7.56. The minimum atomic E-state index is 0.151. The lowest BCUT2D eigenvalue weighted by Gasteiger charge is -2.52. The van der Waals surface area contributed by atoms with Crippen LogP contribution >= 0.6 is 0 Å². The topological polar surface area (TPSA) is 43.8 Å². The van der Waals surface area contributed by atoms with Gasteiger partial charge in [-0.2, -0.15) is 0 Å². The van der Waals surface area contributed by atoms with Gasteiger partial charge in [-0.05, 0) is 45.1 Å². The van der Waals surface area contributed by atoms with Crippen LogP contribution in [0.5, 0.6) is 0 Å². The molecule has 1 amide bonds. The van der Waals surface area contributed by atoms with Gasteiger partial charge in [0.05, 0.1) is 5.54 Å². The van der Waals surface area contributed by atoms with Gasteiger partial charge in [-0.1, -0.05) is 6.08 Å². The highest BCUT2D eigenvalue weighted by molar-refractivity contribution is 5.94. The number of aliphatic hydroxyl groups excluding tert-OH is 1. The monoisotopic (exact) mass is 264 g/mol. The molecule has 1 aliphatic carbocycles. The molecule has 4 nitrogen and oxygen atoms in total. The maximum Gasteiger partial charge on any atom is 0.249 e. The van der Waals surface area contributed by atoms with E-state index in [0.29, 0.717) is 5.92 Å². The molecular weight excluding hydrogens is 240 g/mol. The first-order valence-corrected chi connectivity index (χ1v) is 7.45. The van der Waals surface area contributed by atoms with E-state index in [9.17, 15) is 9.90 Å². The number of aliphatic hydroxyl groups is 1. The zero-order valence-corrected chi connectivity index (χ0v) is 11.8. The fourth-order valence-electron chi connectivity index (χ4n) is 3.87. The molecule has 2 aliphatic heterocycles. The van der Waals surface area contributed by atoms with Gasteiger partial charge in [0.25, 0.3) is 0 Å². The molecule has 4 heteroatoms. The Hall–Kier alpha value is -0.870. The predicted octanol–water partition coefficient (Wildman–Crippen LogP) is 1.01. The van der Waals surface area contributed by atoms with Crippen molar-refractivity contribution in [2.45, 2.75) is 37.6 Å². The number of amides is 1. The highest BCUT2D eigenvalue weighted by Crippen LogP contribution is 2.40. The smallest absolute Gasteiger partial charge is 0.249 e. The summed E-state index contributed by atoms with van der Waals surface area (Å²) in [5.41, 5.74) is 1.18. The number of rotatable bonds is 2. The molecule has 19 heavy (non-hydrogen) atoms. The van der Waals surface area contributed by atoms with E-state index in [0.717, 1.165) is 50.9 Å². The van der Waals surface area contributed by atoms with Crippen molar-refractivity contribution in [3.8, 4) is 0 Å². The van der Waals surface area contributed by atoms with Gasteiger partial charge in [0.2, 0.25) is 5.91 Å². The van der Waals surface area contributed by atoms with Gasteiger partial charge >= 0.3 is 0 Å². The molecule has 0 bridgehead atoms. The van der Waals surface area contributed by atoms with Crippen molar-refractivity contribution in [2.24, 2.45) is 5.92 Å². The van der Waals surface area contributed by atoms with Crippen LogP contribution in [0.1, 0.15) is 32.1 Å². The van der Waals surface area contributed by atoms with Crippen molar-refractivity contribution in [2.75, 3.05) is 33.3 Å². The third-order valence-electron chi connectivity index (χ3n) is 5.09. The number of allylic oxidation sites excluding steroid dienone is 1. The molecule has 2 fully saturated rings. The summed E-state index contributed by atoms with van der Waals surface area (Å²) in [6, 6.07) is 0. The Morgan fingerprint density at radius 2 is 2.26 bits per heavy atom. The van der Waals surface area contributed by atoms with Crippen molar-refractivity contribution in [3.05, 3.63) is 11.6 Å². The second-order valence-electron chi connectivity index (χ2n) is 6.49. The van der Waals surface area contributed by atoms with Crippen LogP contribution in [-0.4, -0.2) is 59.6 Å². The average Bonchev–Trinajstić information content (AvgIpc) is 2.74. The third-order valence-corrected chi connectivity index (χ3v) is 5.09. The Morgan fingerprint density at radius 3 is 2.84 bits per heavy atom. The number of likely N-dealkylation sites (N-methyl/N-ethyl adjacent to an activating group) is 1. The molecule has 0 saturated carbocycles. The fourth-order valence-corrected chi connectivity index (χ4v) is 3.87. The summed E-state index contributed by atoms with van der Waals surface area (Å²) in [7, 11) is 2.12. The van der Waals surface area contributed by atoms with Gasteiger partial charge in [0.1, 0.15) is 0 Å². The Bertz CT molecular complexity index is 399. The SMILES string of the molecule is CN1CC(CO)CC12CN(C(=O)C1=CCCCC1)C2. The van der Waals surface area contributed by atoms with E-state index < -0.39 is 0 Å². The zero-order valence-electron chi connectivity index (χ0n) is 11.8. The molecule has 3 rings (SSSR count). The van der Waals surface area contributed by atoms with E-state index in [4.69, 9.17) is 0 Å². The van der Waals surface area contributed by atoms with Gasteiger partial charge < -0.3 is 10.0 Å². The van der Waals surface area contributed by atoms with Crippen molar-refractivity contribution >= 4 is 5.91 Å². The van der Waals surface area contributed by atoms with Crippen molar-refractivity contribution < 1.29 is 9.90 Å². The number of nitrogens with zero attached hydrogens (tertiary/aromatic N) is 2. The lowest BCUT2D eigenvalue weighted by Crippen LogP contribution is -2.68. The average molecular weight is 264 g/mol. The molecule has 2 saturated heterocycles. The van der Waals surface area contributed by atoms with Gasteiger partial charge in [0, 0.05) is 31.8 Å². The summed E-state index contributed by atoms with van der Waals surface area (Å²) in [5.74, 6) is 0.641. The molecule has 2 heterocycles. The Morgan fingerprint density at radius 1 is 1.47 bits per heavy atom. The second-order valence-corrected chi connectivity index (χ2v) is 6.49. The van der Waals surface area contributed by atoms with Crippen LogP contribution in [0.25, 0.3) is 0 Å². The van der Waals surface area contributed by atoms with Crippen molar-refractivity contribution in [3.63, 3.8) is 0 Å². The van der Waals surface area contributed by atoms with E-state index in [1.807, 2.05) is 4.90 Å². The Labute approximate surface area is 115 Å². The van der Waals surface area contributed by atoms with Crippen LogP contribution in [-0.2, 0) is 4.79 Å². The molecule has 1 unspecified atom stereocenters. The molecule has 1 spiro atoms. The third kappa shape index (κ3) is 2.21.